The Morgan fingerprint density at radius 2 is 1.81 bits per heavy atom. The number of ether oxygens (including phenoxy) is 2. The molecule has 0 radical (unpaired) electrons. The molecule has 1 aliphatic heterocycles. The van der Waals surface area contributed by atoms with E-state index in [-0.39, 0.29) is 5.41 Å². The van der Waals surface area contributed by atoms with E-state index in [1.54, 1.807) is 6.08 Å². The molecule has 2 nitrogen and oxygen atoms in total. The molecule has 88 valence electrons. The molecule has 0 aromatic carbocycles. The van der Waals surface area contributed by atoms with Gasteiger partial charge in [-0.15, -0.1) is 0 Å². The van der Waals surface area contributed by atoms with Crippen molar-refractivity contribution < 1.29 is 13.9 Å². The summed E-state index contributed by atoms with van der Waals surface area (Å²) in [5, 5.41) is 0. The highest BCUT2D eigenvalue weighted by molar-refractivity contribution is 5.35. The largest absolute Gasteiger partial charge is 0.423 e. The fraction of sp³-hybridized carbons (Fsp3) is 0.538. The monoisotopic (exact) mass is 224 g/mol. The predicted octanol–water partition coefficient (Wildman–Crippen LogP) is 3.68. The first-order chi connectivity index (χ1) is 7.32. The molecule has 0 N–H and O–H groups in total. The van der Waals surface area contributed by atoms with Gasteiger partial charge in [0.05, 0.1) is 0 Å². The second-order valence-electron chi connectivity index (χ2n) is 4.96. The molecule has 0 aromatic rings. The molecular weight excluding hydrogens is 207 g/mol. The Bertz CT molecular complexity index is 391. The van der Waals surface area contributed by atoms with E-state index in [1.165, 1.54) is 6.92 Å². The summed E-state index contributed by atoms with van der Waals surface area (Å²) < 4.78 is 23.7. The first kappa shape index (κ1) is 11.2. The normalized spacial score (nSPS) is 37.1. The summed E-state index contributed by atoms with van der Waals surface area (Å²) in [6, 6.07) is -2.04. The summed E-state index contributed by atoms with van der Waals surface area (Å²) >= 11 is 0. The highest BCUT2D eigenvalue weighted by Gasteiger charge is 2.41. The highest BCUT2D eigenvalue weighted by Crippen LogP contribution is 2.41. The molecular formula is C13H17FO2. The molecule has 0 amide bonds. The predicted molar refractivity (Wildman–Crippen MR) is 59.9 cm³/mol. The summed E-state index contributed by atoms with van der Waals surface area (Å²) in [5.74, 6) is 1.36. The molecule has 2 aliphatic rings. The number of rotatable bonds is 1. The van der Waals surface area contributed by atoms with Crippen molar-refractivity contribution in [3.63, 3.8) is 0 Å². The van der Waals surface area contributed by atoms with Gasteiger partial charge in [0, 0.05) is 12.3 Å². The number of hydrogen-bond donors (Lipinski definition) is 0. The Morgan fingerprint density at radius 1 is 1.19 bits per heavy atom. The topological polar surface area (TPSA) is 18.5 Å². The van der Waals surface area contributed by atoms with Crippen molar-refractivity contribution >= 4 is 0 Å². The van der Waals surface area contributed by atoms with Crippen molar-refractivity contribution in [2.24, 2.45) is 11.3 Å². The van der Waals surface area contributed by atoms with Gasteiger partial charge in [-0.1, -0.05) is 32.9 Å². The molecule has 0 bridgehead atoms. The van der Waals surface area contributed by atoms with Crippen LogP contribution in [0.1, 0.15) is 27.7 Å². The van der Waals surface area contributed by atoms with E-state index in [0.29, 0.717) is 17.4 Å². The van der Waals surface area contributed by atoms with E-state index in [0.717, 1.165) is 0 Å². The van der Waals surface area contributed by atoms with Gasteiger partial charge in [0.15, 0.2) is 11.5 Å². The van der Waals surface area contributed by atoms with Crippen LogP contribution < -0.4 is 0 Å². The van der Waals surface area contributed by atoms with Crippen molar-refractivity contribution in [3.05, 3.63) is 35.8 Å². The first-order valence-electron chi connectivity index (χ1n) is 5.52. The zero-order valence-corrected chi connectivity index (χ0v) is 10.1. The molecule has 1 fully saturated rings. The van der Waals surface area contributed by atoms with Crippen LogP contribution in [0.2, 0.25) is 0 Å². The van der Waals surface area contributed by atoms with Crippen LogP contribution in [0.4, 0.5) is 4.39 Å². The van der Waals surface area contributed by atoms with E-state index >= 15 is 0 Å². The molecule has 2 rings (SSSR count). The maximum absolute atomic E-state index is 13.5. The lowest BCUT2D eigenvalue weighted by atomic mass is 9.78. The second-order valence-corrected chi connectivity index (χ2v) is 4.96. The molecule has 0 saturated carbocycles. The lowest BCUT2D eigenvalue weighted by Gasteiger charge is -2.26. The highest BCUT2D eigenvalue weighted by atomic mass is 19.2. The average molecular weight is 224 g/mol. The van der Waals surface area contributed by atoms with E-state index in [1.807, 2.05) is 12.2 Å². The van der Waals surface area contributed by atoms with Gasteiger partial charge in [0.25, 0.3) is 0 Å². The van der Waals surface area contributed by atoms with E-state index in [4.69, 9.17) is 9.47 Å². The van der Waals surface area contributed by atoms with E-state index in [9.17, 15) is 4.39 Å². The summed E-state index contributed by atoms with van der Waals surface area (Å²) in [6.45, 7) is 7.60. The van der Waals surface area contributed by atoms with Crippen LogP contribution in [0.5, 0.6) is 0 Å². The molecule has 3 heteroatoms. The molecule has 2 atom stereocenters. The molecule has 16 heavy (non-hydrogen) atoms. The zero-order chi connectivity index (χ0) is 12.0. The first-order valence-corrected chi connectivity index (χ1v) is 5.52. The maximum atomic E-state index is 13.5. The van der Waals surface area contributed by atoms with Gasteiger partial charge in [-0.3, -0.25) is 0 Å². The van der Waals surface area contributed by atoms with Crippen LogP contribution in [0.15, 0.2) is 35.8 Å². The van der Waals surface area contributed by atoms with Crippen LogP contribution in [0.3, 0.4) is 0 Å². The molecule has 0 spiro atoms. The minimum absolute atomic E-state index is 0.142. The Hall–Kier alpha value is -1.25. The second kappa shape index (κ2) is 3.37. The lowest BCUT2D eigenvalue weighted by Crippen LogP contribution is -2.19. The van der Waals surface area contributed by atoms with E-state index in [2.05, 4.69) is 26.8 Å². The molecule has 0 aromatic heterocycles. The maximum Gasteiger partial charge on any atom is 0.404 e. The Morgan fingerprint density at radius 3 is 2.44 bits per heavy atom. The van der Waals surface area contributed by atoms with Crippen molar-refractivity contribution in [2.45, 2.75) is 33.7 Å². The van der Waals surface area contributed by atoms with Gasteiger partial charge in [0.2, 0.25) is 0 Å². The number of allylic oxidation sites excluding steroid dienone is 4. The summed E-state index contributed by atoms with van der Waals surface area (Å²) in [6.07, 6.45) is 7.64. The van der Waals surface area contributed by atoms with Crippen LogP contribution in [-0.2, 0) is 9.47 Å². The Labute approximate surface area is 95.4 Å². The summed E-state index contributed by atoms with van der Waals surface area (Å²) in [7, 11) is 0. The fourth-order valence-corrected chi connectivity index (χ4v) is 1.76. The van der Waals surface area contributed by atoms with Crippen LogP contribution >= 0.6 is 0 Å². The molecule has 1 saturated heterocycles. The quantitative estimate of drug-likeness (QED) is 0.676. The van der Waals surface area contributed by atoms with Crippen LogP contribution in [0, 0.1) is 11.3 Å². The third kappa shape index (κ3) is 1.86. The molecule has 2 unspecified atom stereocenters. The number of fused-ring (bicyclic) bond motifs is 1. The number of halogens is 1. The van der Waals surface area contributed by atoms with Crippen LogP contribution in [-0.4, -0.2) is 6.04 Å². The number of alkyl halides is 1. The van der Waals surface area contributed by atoms with Gasteiger partial charge in [-0.05, 0) is 18.1 Å². The van der Waals surface area contributed by atoms with Gasteiger partial charge in [-0.2, -0.15) is 4.39 Å². The van der Waals surface area contributed by atoms with Gasteiger partial charge >= 0.3 is 6.04 Å². The van der Waals surface area contributed by atoms with Gasteiger partial charge in [0.1, 0.15) is 0 Å². The lowest BCUT2D eigenvalue weighted by molar-refractivity contribution is -0.221. The van der Waals surface area contributed by atoms with Crippen molar-refractivity contribution in [3.8, 4) is 0 Å². The fourth-order valence-electron chi connectivity index (χ4n) is 1.76. The Balaban J connectivity index is 2.40. The summed E-state index contributed by atoms with van der Waals surface area (Å²) in [4.78, 5) is 0. The van der Waals surface area contributed by atoms with Gasteiger partial charge in [-0.25, -0.2) is 0 Å². The van der Waals surface area contributed by atoms with Crippen LogP contribution in [0.25, 0.3) is 0 Å². The summed E-state index contributed by atoms with van der Waals surface area (Å²) in [5.41, 5.74) is -0.142. The van der Waals surface area contributed by atoms with Crippen molar-refractivity contribution in [1.29, 1.82) is 0 Å². The molecule has 1 heterocycles. The SMILES string of the molecule is CC(C)C1(C)C=CC=C2OC(C)(F)OC2=C1. The average Bonchev–Trinajstić information content (AvgIpc) is 2.31. The van der Waals surface area contributed by atoms with Gasteiger partial charge < -0.3 is 9.47 Å². The zero-order valence-electron chi connectivity index (χ0n) is 10.1. The standard InChI is InChI=1S/C13H17FO2/c1-9(2)12(3)7-5-6-10-11(8-12)16-13(4,14)15-10/h5-9H,1-4H3. The smallest absolute Gasteiger partial charge is 0.404 e. The minimum Gasteiger partial charge on any atom is -0.423 e. The van der Waals surface area contributed by atoms with Crippen molar-refractivity contribution in [1.82, 2.24) is 0 Å². The van der Waals surface area contributed by atoms with Crippen molar-refractivity contribution in [2.75, 3.05) is 0 Å². The number of hydrogen-bond acceptors (Lipinski definition) is 2. The third-order valence-electron chi connectivity index (χ3n) is 3.22. The third-order valence-corrected chi connectivity index (χ3v) is 3.22. The minimum atomic E-state index is -2.04. The molecule has 1 aliphatic carbocycles. The Kier molecular flexibility index (Phi) is 2.37. The van der Waals surface area contributed by atoms with E-state index < -0.39 is 6.04 Å².